The van der Waals surface area contributed by atoms with Gasteiger partial charge < -0.3 is 10.5 Å². The Labute approximate surface area is 106 Å². The molecule has 0 unspecified atom stereocenters. The van der Waals surface area contributed by atoms with Crippen molar-refractivity contribution >= 4 is 5.95 Å². The van der Waals surface area contributed by atoms with Gasteiger partial charge in [-0.3, -0.25) is 5.10 Å². The van der Waals surface area contributed by atoms with Gasteiger partial charge in [0.25, 0.3) is 0 Å². The van der Waals surface area contributed by atoms with Crippen LogP contribution in [-0.2, 0) is 11.3 Å². The highest BCUT2D eigenvalue weighted by molar-refractivity contribution is 5.12. The number of nitrogens with one attached hydrogen (secondary N) is 1. The summed E-state index contributed by atoms with van der Waals surface area (Å²) in [7, 11) is 0. The van der Waals surface area contributed by atoms with Gasteiger partial charge in [0.1, 0.15) is 6.61 Å². The van der Waals surface area contributed by atoms with Gasteiger partial charge in [0.2, 0.25) is 5.95 Å². The molecule has 1 aromatic heterocycles. The molecular formula is C13H20N4O. The third kappa shape index (κ3) is 1.72. The van der Waals surface area contributed by atoms with E-state index in [1.807, 2.05) is 0 Å². The summed E-state index contributed by atoms with van der Waals surface area (Å²) in [4.78, 5) is 4.10. The van der Waals surface area contributed by atoms with Crippen molar-refractivity contribution in [3.63, 3.8) is 0 Å². The summed E-state index contributed by atoms with van der Waals surface area (Å²) in [5, 5.41) is 6.65. The van der Waals surface area contributed by atoms with Crippen molar-refractivity contribution in [1.29, 1.82) is 0 Å². The molecular weight excluding hydrogens is 228 g/mol. The predicted octanol–water partition coefficient (Wildman–Crippen LogP) is 1.73. The lowest BCUT2D eigenvalue weighted by atomic mass is 9.55. The van der Waals surface area contributed by atoms with Crippen molar-refractivity contribution in [2.45, 2.75) is 44.8 Å². The number of anilines is 1. The number of H-pyrrole nitrogens is 1. The van der Waals surface area contributed by atoms with E-state index in [1.165, 1.54) is 32.1 Å². The number of nitrogens with zero attached hydrogens (tertiary/aromatic N) is 2. The van der Waals surface area contributed by atoms with Crippen LogP contribution in [0.25, 0.3) is 0 Å². The highest BCUT2D eigenvalue weighted by atomic mass is 16.5. The summed E-state index contributed by atoms with van der Waals surface area (Å²) in [6.07, 6.45) is 7.47. The molecule has 5 rings (SSSR count). The monoisotopic (exact) mass is 248 g/mol. The fraction of sp³-hybridized carbons (Fsp3) is 0.846. The van der Waals surface area contributed by atoms with Gasteiger partial charge in [0.15, 0.2) is 5.82 Å². The minimum absolute atomic E-state index is 0.304. The van der Waals surface area contributed by atoms with Crippen LogP contribution in [0, 0.1) is 23.7 Å². The van der Waals surface area contributed by atoms with E-state index in [4.69, 9.17) is 10.5 Å². The maximum atomic E-state index is 6.13. The zero-order chi connectivity index (χ0) is 12.1. The Morgan fingerprint density at radius 1 is 1.11 bits per heavy atom. The zero-order valence-electron chi connectivity index (χ0n) is 10.5. The second-order valence-electron chi connectivity index (χ2n) is 6.35. The van der Waals surface area contributed by atoms with Crippen molar-refractivity contribution in [2.24, 2.45) is 23.7 Å². The quantitative estimate of drug-likeness (QED) is 0.854. The van der Waals surface area contributed by atoms with E-state index in [0.29, 0.717) is 18.7 Å². The number of rotatable bonds is 3. The van der Waals surface area contributed by atoms with Gasteiger partial charge in [-0.25, -0.2) is 0 Å². The van der Waals surface area contributed by atoms with Crippen LogP contribution >= 0.6 is 0 Å². The Hall–Kier alpha value is -1.10. The number of nitrogens with two attached hydrogens (primary N) is 1. The number of ether oxygens (including phenoxy) is 1. The number of hydrogen-bond acceptors (Lipinski definition) is 4. The van der Waals surface area contributed by atoms with Gasteiger partial charge >= 0.3 is 0 Å². The molecule has 18 heavy (non-hydrogen) atoms. The summed E-state index contributed by atoms with van der Waals surface area (Å²) < 4.78 is 6.13. The Bertz CT molecular complexity index is 416. The van der Waals surface area contributed by atoms with E-state index < -0.39 is 0 Å². The summed E-state index contributed by atoms with van der Waals surface area (Å²) in [5.41, 5.74) is 5.49. The Morgan fingerprint density at radius 3 is 2.33 bits per heavy atom. The van der Waals surface area contributed by atoms with Gasteiger partial charge in [-0.1, -0.05) is 0 Å². The van der Waals surface area contributed by atoms with Gasteiger partial charge in [-0.2, -0.15) is 4.98 Å². The van der Waals surface area contributed by atoms with Gasteiger partial charge in [-0.05, 0) is 55.8 Å². The van der Waals surface area contributed by atoms with Gasteiger partial charge in [0, 0.05) is 0 Å². The summed E-state index contributed by atoms with van der Waals surface area (Å²) in [6.45, 7) is 0.525. The van der Waals surface area contributed by atoms with Crippen LogP contribution < -0.4 is 5.73 Å². The van der Waals surface area contributed by atoms with Crippen molar-refractivity contribution in [3.8, 4) is 0 Å². The Kier molecular flexibility index (Phi) is 2.37. The van der Waals surface area contributed by atoms with E-state index in [0.717, 1.165) is 29.5 Å². The first-order valence-electron chi connectivity index (χ1n) is 7.06. The maximum Gasteiger partial charge on any atom is 0.239 e. The molecule has 0 spiro atoms. The lowest BCUT2D eigenvalue weighted by Gasteiger charge is -2.53. The summed E-state index contributed by atoms with van der Waals surface area (Å²) in [6, 6.07) is 0. The lowest BCUT2D eigenvalue weighted by molar-refractivity contribution is -0.133. The van der Waals surface area contributed by atoms with Crippen LogP contribution in [0.4, 0.5) is 5.95 Å². The van der Waals surface area contributed by atoms with Gasteiger partial charge in [0.05, 0.1) is 6.10 Å². The molecule has 98 valence electrons. The molecule has 4 aliphatic carbocycles. The molecule has 4 saturated carbocycles. The molecule has 5 nitrogen and oxygen atoms in total. The molecule has 4 fully saturated rings. The van der Waals surface area contributed by atoms with Crippen LogP contribution in [-0.4, -0.2) is 21.3 Å². The molecule has 3 N–H and O–H groups in total. The van der Waals surface area contributed by atoms with Crippen molar-refractivity contribution < 1.29 is 4.74 Å². The minimum atomic E-state index is 0.304. The molecule has 0 saturated heterocycles. The smallest absolute Gasteiger partial charge is 0.239 e. The van der Waals surface area contributed by atoms with Crippen molar-refractivity contribution in [3.05, 3.63) is 5.82 Å². The fourth-order valence-electron chi connectivity index (χ4n) is 4.70. The molecule has 1 heterocycles. The normalized spacial score (nSPS) is 41.4. The van der Waals surface area contributed by atoms with E-state index in [9.17, 15) is 0 Å². The van der Waals surface area contributed by atoms with Crippen LogP contribution in [0.3, 0.4) is 0 Å². The van der Waals surface area contributed by atoms with Crippen LogP contribution in [0.15, 0.2) is 0 Å². The first-order chi connectivity index (χ1) is 8.78. The van der Waals surface area contributed by atoms with Crippen LogP contribution in [0.2, 0.25) is 0 Å². The fourth-order valence-corrected chi connectivity index (χ4v) is 4.70. The summed E-state index contributed by atoms with van der Waals surface area (Å²) >= 11 is 0. The molecule has 4 bridgehead atoms. The molecule has 0 aromatic carbocycles. The van der Waals surface area contributed by atoms with E-state index in [1.54, 1.807) is 0 Å². The van der Waals surface area contributed by atoms with Crippen LogP contribution in [0.1, 0.15) is 37.9 Å². The largest absolute Gasteiger partial charge is 0.370 e. The van der Waals surface area contributed by atoms with Gasteiger partial charge in [-0.15, -0.1) is 5.10 Å². The molecule has 5 heteroatoms. The highest BCUT2D eigenvalue weighted by Crippen LogP contribution is 2.54. The topological polar surface area (TPSA) is 76.8 Å². The van der Waals surface area contributed by atoms with Crippen molar-refractivity contribution in [1.82, 2.24) is 15.2 Å². The Balaban J connectivity index is 1.43. The van der Waals surface area contributed by atoms with E-state index in [2.05, 4.69) is 15.2 Å². The third-order valence-electron chi connectivity index (χ3n) is 5.10. The number of hydrogen-bond donors (Lipinski definition) is 2. The molecule has 4 aliphatic rings. The minimum Gasteiger partial charge on any atom is -0.370 e. The molecule has 0 radical (unpaired) electrons. The average Bonchev–Trinajstić information content (AvgIpc) is 2.73. The van der Waals surface area contributed by atoms with Crippen LogP contribution in [0.5, 0.6) is 0 Å². The SMILES string of the molecule is Nc1n[nH]c(COC2C3CC4CC(C3)CC2C4)n1. The van der Waals surface area contributed by atoms with E-state index >= 15 is 0 Å². The van der Waals surface area contributed by atoms with E-state index in [-0.39, 0.29) is 0 Å². The maximum absolute atomic E-state index is 6.13. The number of aromatic nitrogens is 3. The molecule has 1 aromatic rings. The first kappa shape index (κ1) is 10.8. The summed E-state index contributed by atoms with van der Waals surface area (Å²) in [5.74, 6) is 4.63. The number of aromatic amines is 1. The predicted molar refractivity (Wildman–Crippen MR) is 66.4 cm³/mol. The highest BCUT2D eigenvalue weighted by Gasteiger charge is 2.48. The standard InChI is InChI=1S/C13H20N4O/c14-13-15-11(16-17-13)6-18-12-9-2-7-1-8(4-9)5-10(12)3-7/h7-10,12H,1-6H2,(H3,14,15,16,17). The lowest BCUT2D eigenvalue weighted by Crippen LogP contribution is -2.49. The van der Waals surface area contributed by atoms with Crippen molar-refractivity contribution in [2.75, 3.05) is 5.73 Å². The molecule has 0 aliphatic heterocycles. The molecule has 0 atom stereocenters. The molecule has 0 amide bonds. The second-order valence-corrected chi connectivity index (χ2v) is 6.35. The zero-order valence-corrected chi connectivity index (χ0v) is 10.5. The number of nitrogen functional groups attached to an aromatic ring is 1. The third-order valence-corrected chi connectivity index (χ3v) is 5.10. The first-order valence-corrected chi connectivity index (χ1v) is 7.06. The Morgan fingerprint density at radius 2 is 1.78 bits per heavy atom. The second kappa shape index (κ2) is 3.95. The average molecular weight is 248 g/mol.